The van der Waals surface area contributed by atoms with Crippen LogP contribution >= 0.6 is 11.6 Å². The van der Waals surface area contributed by atoms with Crippen LogP contribution < -0.4 is 0 Å². The van der Waals surface area contributed by atoms with Crippen LogP contribution in [0.5, 0.6) is 0 Å². The van der Waals surface area contributed by atoms with Crippen LogP contribution in [0.15, 0.2) is 18.2 Å². The van der Waals surface area contributed by atoms with E-state index in [1.165, 1.54) is 31.4 Å². The van der Waals surface area contributed by atoms with E-state index in [-0.39, 0.29) is 21.9 Å². The normalized spacial score (nSPS) is 33.7. The maximum atomic E-state index is 14.2. The molecule has 5 fully saturated rings. The van der Waals surface area contributed by atoms with Crippen LogP contribution in [0.4, 0.5) is 4.39 Å². The number of carbonyl (C=O) groups excluding carboxylic acids is 2. The van der Waals surface area contributed by atoms with E-state index < -0.39 is 5.82 Å². The van der Waals surface area contributed by atoms with Gasteiger partial charge in [-0.3, -0.25) is 9.59 Å². The summed E-state index contributed by atoms with van der Waals surface area (Å²) in [6.45, 7) is 2.16. The van der Waals surface area contributed by atoms with Gasteiger partial charge in [-0.1, -0.05) is 17.7 Å². The number of halogens is 2. The zero-order valence-electron chi connectivity index (χ0n) is 16.7. The first-order valence-electron chi connectivity index (χ1n) is 11.0. The SMILES string of the molecule is O=C(c1c(F)cccc1Cl)N1CCCN(C(=O)C23CC4CC(CC(C4)C2)C3)CC1. The Balaban J connectivity index is 1.29. The first-order chi connectivity index (χ1) is 13.9. The molecule has 6 rings (SSSR count). The van der Waals surface area contributed by atoms with Crippen LogP contribution in [0.25, 0.3) is 0 Å². The molecule has 0 unspecified atom stereocenters. The first kappa shape index (κ1) is 19.3. The average Bonchev–Trinajstić information content (AvgIpc) is 2.92. The molecular weight excluding hydrogens is 391 g/mol. The summed E-state index contributed by atoms with van der Waals surface area (Å²) in [5, 5.41) is 0.140. The molecule has 0 spiro atoms. The summed E-state index contributed by atoms with van der Waals surface area (Å²) in [5.74, 6) is 1.55. The summed E-state index contributed by atoms with van der Waals surface area (Å²) in [4.78, 5) is 30.1. The van der Waals surface area contributed by atoms with Gasteiger partial charge in [0.05, 0.1) is 16.0 Å². The molecule has 4 bridgehead atoms. The van der Waals surface area contributed by atoms with Crippen molar-refractivity contribution in [1.82, 2.24) is 9.80 Å². The van der Waals surface area contributed by atoms with Crippen molar-refractivity contribution in [1.29, 1.82) is 0 Å². The molecular formula is C23H28ClFN2O2. The lowest BCUT2D eigenvalue weighted by Crippen LogP contribution is -2.55. The van der Waals surface area contributed by atoms with Crippen LogP contribution in [0.3, 0.4) is 0 Å². The fourth-order valence-electron chi connectivity index (χ4n) is 6.89. The Labute approximate surface area is 176 Å². The summed E-state index contributed by atoms with van der Waals surface area (Å²) in [7, 11) is 0. The van der Waals surface area contributed by atoms with Gasteiger partial charge in [-0.2, -0.15) is 0 Å². The third kappa shape index (κ3) is 3.35. The van der Waals surface area contributed by atoms with Gasteiger partial charge < -0.3 is 9.80 Å². The Bertz CT molecular complexity index is 787. The number of benzene rings is 1. The van der Waals surface area contributed by atoms with E-state index in [2.05, 4.69) is 0 Å². The zero-order chi connectivity index (χ0) is 20.2. The number of amides is 2. The number of hydrogen-bond acceptors (Lipinski definition) is 2. The molecule has 2 amide bonds. The molecule has 0 atom stereocenters. The molecule has 4 aliphatic carbocycles. The topological polar surface area (TPSA) is 40.6 Å². The highest BCUT2D eigenvalue weighted by atomic mass is 35.5. The van der Waals surface area contributed by atoms with Crippen LogP contribution in [-0.4, -0.2) is 47.8 Å². The van der Waals surface area contributed by atoms with Crippen molar-refractivity contribution in [2.24, 2.45) is 23.2 Å². The van der Waals surface area contributed by atoms with Crippen LogP contribution in [0, 0.1) is 29.0 Å². The molecule has 1 saturated heterocycles. The zero-order valence-corrected chi connectivity index (χ0v) is 17.5. The van der Waals surface area contributed by atoms with Gasteiger partial charge in [-0.15, -0.1) is 0 Å². The number of carbonyl (C=O) groups is 2. The van der Waals surface area contributed by atoms with Gasteiger partial charge in [0.25, 0.3) is 5.91 Å². The van der Waals surface area contributed by atoms with Gasteiger partial charge in [0.15, 0.2) is 0 Å². The van der Waals surface area contributed by atoms with Crippen molar-refractivity contribution >= 4 is 23.4 Å². The summed E-state index contributed by atoms with van der Waals surface area (Å²) in [6.07, 6.45) is 7.84. The molecule has 5 aliphatic rings. The third-order valence-electron chi connectivity index (χ3n) is 7.74. The van der Waals surface area contributed by atoms with Gasteiger partial charge in [0, 0.05) is 26.2 Å². The lowest BCUT2D eigenvalue weighted by Gasteiger charge is -2.56. The first-order valence-corrected chi connectivity index (χ1v) is 11.4. The van der Waals surface area contributed by atoms with Crippen LogP contribution in [0.1, 0.15) is 55.3 Å². The largest absolute Gasteiger partial charge is 0.340 e. The van der Waals surface area contributed by atoms with Gasteiger partial charge in [-0.05, 0) is 74.8 Å². The minimum absolute atomic E-state index is 0.0602. The molecule has 156 valence electrons. The van der Waals surface area contributed by atoms with Crippen LogP contribution in [0.2, 0.25) is 5.02 Å². The second-order valence-electron chi connectivity index (χ2n) is 9.73. The Morgan fingerprint density at radius 2 is 1.52 bits per heavy atom. The maximum absolute atomic E-state index is 14.2. The number of rotatable bonds is 2. The molecule has 0 aromatic heterocycles. The fraction of sp³-hybridized carbons (Fsp3) is 0.652. The Morgan fingerprint density at radius 3 is 2.14 bits per heavy atom. The molecule has 4 nitrogen and oxygen atoms in total. The molecule has 1 aliphatic heterocycles. The Hall–Kier alpha value is -1.62. The molecule has 1 aromatic carbocycles. The lowest BCUT2D eigenvalue weighted by molar-refractivity contribution is -0.157. The van der Waals surface area contributed by atoms with Gasteiger partial charge >= 0.3 is 0 Å². The van der Waals surface area contributed by atoms with Crippen molar-refractivity contribution < 1.29 is 14.0 Å². The minimum atomic E-state index is -0.590. The predicted molar refractivity (Wildman–Crippen MR) is 109 cm³/mol. The molecule has 29 heavy (non-hydrogen) atoms. The van der Waals surface area contributed by atoms with Crippen molar-refractivity contribution in [3.05, 3.63) is 34.6 Å². The molecule has 0 radical (unpaired) electrons. The van der Waals surface area contributed by atoms with E-state index in [0.29, 0.717) is 32.1 Å². The monoisotopic (exact) mass is 418 g/mol. The van der Waals surface area contributed by atoms with E-state index in [1.54, 1.807) is 11.0 Å². The van der Waals surface area contributed by atoms with E-state index in [0.717, 1.165) is 43.4 Å². The molecule has 1 aromatic rings. The van der Waals surface area contributed by atoms with E-state index in [9.17, 15) is 14.0 Å². The summed E-state index contributed by atoms with van der Waals surface area (Å²) < 4.78 is 14.2. The predicted octanol–water partition coefficient (Wildman–Crippen LogP) is 4.37. The highest BCUT2D eigenvalue weighted by Gasteiger charge is 2.55. The van der Waals surface area contributed by atoms with Crippen LogP contribution in [-0.2, 0) is 4.79 Å². The third-order valence-corrected chi connectivity index (χ3v) is 8.05. The highest BCUT2D eigenvalue weighted by Crippen LogP contribution is 2.60. The van der Waals surface area contributed by atoms with E-state index >= 15 is 0 Å². The van der Waals surface area contributed by atoms with Crippen molar-refractivity contribution in [3.63, 3.8) is 0 Å². The fourth-order valence-corrected chi connectivity index (χ4v) is 7.14. The lowest BCUT2D eigenvalue weighted by atomic mass is 9.49. The molecule has 4 saturated carbocycles. The Morgan fingerprint density at radius 1 is 0.931 bits per heavy atom. The van der Waals surface area contributed by atoms with Crippen molar-refractivity contribution in [3.8, 4) is 0 Å². The smallest absolute Gasteiger partial charge is 0.258 e. The highest BCUT2D eigenvalue weighted by molar-refractivity contribution is 6.33. The van der Waals surface area contributed by atoms with Gasteiger partial charge in [0.1, 0.15) is 5.82 Å². The second-order valence-corrected chi connectivity index (χ2v) is 10.1. The number of hydrogen-bond donors (Lipinski definition) is 0. The van der Waals surface area contributed by atoms with E-state index in [1.807, 2.05) is 4.90 Å². The Kier molecular flexibility index (Phi) is 4.84. The maximum Gasteiger partial charge on any atom is 0.258 e. The molecule has 0 N–H and O–H groups in total. The standard InChI is InChI=1S/C23H28ClFN2O2/c24-18-3-1-4-19(25)20(18)21(28)26-5-2-6-27(8-7-26)22(29)23-12-15-9-16(13-23)11-17(10-15)14-23/h1,3-4,15-17H,2,5-14H2. The quantitative estimate of drug-likeness (QED) is 0.715. The molecule has 1 heterocycles. The summed E-state index contributed by atoms with van der Waals surface area (Å²) >= 11 is 6.09. The average molecular weight is 419 g/mol. The van der Waals surface area contributed by atoms with Crippen molar-refractivity contribution in [2.75, 3.05) is 26.2 Å². The van der Waals surface area contributed by atoms with Crippen molar-refractivity contribution in [2.45, 2.75) is 44.9 Å². The summed E-state index contributed by atoms with van der Waals surface area (Å²) in [5.41, 5.74) is -0.210. The molecule has 6 heteroatoms. The minimum Gasteiger partial charge on any atom is -0.340 e. The number of nitrogens with zero attached hydrogens (tertiary/aromatic N) is 2. The van der Waals surface area contributed by atoms with Gasteiger partial charge in [0.2, 0.25) is 5.91 Å². The van der Waals surface area contributed by atoms with E-state index in [4.69, 9.17) is 11.6 Å². The summed E-state index contributed by atoms with van der Waals surface area (Å²) in [6, 6.07) is 4.31. The van der Waals surface area contributed by atoms with Gasteiger partial charge in [-0.25, -0.2) is 4.39 Å². The second kappa shape index (κ2) is 7.26.